The molecule has 0 atom stereocenters. The first kappa shape index (κ1) is 26.5. The topological polar surface area (TPSA) is 80.8 Å². The number of nitrogens with one attached hydrogen (secondary N) is 1. The molecular formula is C29H34FN3O4. The zero-order valence-electron chi connectivity index (χ0n) is 21.7. The molecule has 4 rings (SSSR count). The molecule has 0 saturated carbocycles. The second-order valence-electron chi connectivity index (χ2n) is 9.59. The summed E-state index contributed by atoms with van der Waals surface area (Å²) in [5, 5.41) is 3.75. The SMILES string of the molecule is CCCCOc1c(C(=O)OC)cc(C(=O)NC2CCN(C)CC2)c2cc(Cc3ccc(F)cc3)cnc12. The highest BCUT2D eigenvalue weighted by atomic mass is 19.1. The Morgan fingerprint density at radius 2 is 1.84 bits per heavy atom. The summed E-state index contributed by atoms with van der Waals surface area (Å²) in [5.41, 5.74) is 2.75. The highest BCUT2D eigenvalue weighted by molar-refractivity contribution is 6.12. The summed E-state index contributed by atoms with van der Waals surface area (Å²) in [6, 6.07) is 9.82. The van der Waals surface area contributed by atoms with Gasteiger partial charge >= 0.3 is 5.97 Å². The third-order valence-electron chi connectivity index (χ3n) is 6.75. The summed E-state index contributed by atoms with van der Waals surface area (Å²) in [4.78, 5) is 33.2. The Morgan fingerprint density at radius 1 is 1.11 bits per heavy atom. The van der Waals surface area contributed by atoms with Crippen LogP contribution in [0.5, 0.6) is 5.75 Å². The van der Waals surface area contributed by atoms with Gasteiger partial charge in [-0.3, -0.25) is 9.78 Å². The molecule has 1 aliphatic rings. The van der Waals surface area contributed by atoms with Crippen molar-refractivity contribution in [2.75, 3.05) is 33.9 Å². The zero-order chi connectivity index (χ0) is 26.4. The summed E-state index contributed by atoms with van der Waals surface area (Å²) in [7, 11) is 3.37. The van der Waals surface area contributed by atoms with E-state index >= 15 is 0 Å². The molecular weight excluding hydrogens is 473 g/mol. The number of methoxy groups -OCH3 is 1. The Hall–Kier alpha value is -3.52. The van der Waals surface area contributed by atoms with Crippen molar-refractivity contribution in [1.82, 2.24) is 15.2 Å². The minimum Gasteiger partial charge on any atom is -0.490 e. The number of unbranched alkanes of at least 4 members (excludes halogenated alkanes) is 1. The van der Waals surface area contributed by atoms with E-state index in [1.165, 1.54) is 19.2 Å². The van der Waals surface area contributed by atoms with Gasteiger partial charge in [0.05, 0.1) is 13.7 Å². The fraction of sp³-hybridized carbons (Fsp3) is 0.414. The number of hydrogen-bond donors (Lipinski definition) is 1. The van der Waals surface area contributed by atoms with Crippen molar-refractivity contribution in [2.24, 2.45) is 0 Å². The molecule has 3 aromatic rings. The Kier molecular flexibility index (Phi) is 8.71. The van der Waals surface area contributed by atoms with E-state index in [-0.39, 0.29) is 23.3 Å². The van der Waals surface area contributed by atoms with Gasteiger partial charge in [0.1, 0.15) is 16.9 Å². The first-order valence-corrected chi connectivity index (χ1v) is 12.8. The fourth-order valence-electron chi connectivity index (χ4n) is 4.57. The largest absolute Gasteiger partial charge is 0.490 e. The number of rotatable bonds is 9. The number of aromatic nitrogens is 1. The molecule has 0 spiro atoms. The van der Waals surface area contributed by atoms with Crippen LogP contribution in [0.25, 0.3) is 10.9 Å². The lowest BCUT2D eigenvalue weighted by Gasteiger charge is -2.29. The van der Waals surface area contributed by atoms with Crippen LogP contribution >= 0.6 is 0 Å². The lowest BCUT2D eigenvalue weighted by molar-refractivity contribution is 0.0596. The van der Waals surface area contributed by atoms with Crippen molar-refractivity contribution in [3.63, 3.8) is 0 Å². The highest BCUT2D eigenvalue weighted by Gasteiger charge is 2.26. The van der Waals surface area contributed by atoms with Crippen molar-refractivity contribution in [1.29, 1.82) is 0 Å². The van der Waals surface area contributed by atoms with E-state index < -0.39 is 5.97 Å². The third kappa shape index (κ3) is 6.43. The maximum atomic E-state index is 13.6. The highest BCUT2D eigenvalue weighted by Crippen LogP contribution is 2.33. The quantitative estimate of drug-likeness (QED) is 0.333. The Bertz CT molecular complexity index is 1250. The fourth-order valence-corrected chi connectivity index (χ4v) is 4.57. The molecule has 0 bridgehead atoms. The van der Waals surface area contributed by atoms with Gasteiger partial charge in [-0.2, -0.15) is 0 Å². The number of fused-ring (bicyclic) bond motifs is 1. The van der Waals surface area contributed by atoms with Crippen LogP contribution in [-0.2, 0) is 11.2 Å². The first-order valence-electron chi connectivity index (χ1n) is 12.8. The van der Waals surface area contributed by atoms with E-state index in [1.54, 1.807) is 24.4 Å². The van der Waals surface area contributed by atoms with Crippen molar-refractivity contribution < 1.29 is 23.5 Å². The normalized spacial score (nSPS) is 14.5. The minimum absolute atomic E-state index is 0.0520. The van der Waals surface area contributed by atoms with Crippen LogP contribution in [0.4, 0.5) is 4.39 Å². The molecule has 8 heteroatoms. The second-order valence-corrected chi connectivity index (χ2v) is 9.59. The molecule has 1 amide bonds. The number of halogens is 1. The molecule has 2 aromatic carbocycles. The van der Waals surface area contributed by atoms with E-state index in [4.69, 9.17) is 9.47 Å². The van der Waals surface area contributed by atoms with Crippen LogP contribution in [0.3, 0.4) is 0 Å². The standard InChI is InChI=1S/C29H34FN3O4/c1-4-5-14-37-27-25(29(35)36-3)17-24(28(34)32-22-10-12-33(2)13-11-22)23-16-20(18-31-26(23)27)15-19-6-8-21(30)9-7-19/h6-9,16-18,22H,4-5,10-15H2,1-3H3,(H,32,34). The molecule has 2 heterocycles. The molecule has 196 valence electrons. The zero-order valence-corrected chi connectivity index (χ0v) is 21.7. The number of pyridine rings is 1. The van der Waals surface area contributed by atoms with Crippen molar-refractivity contribution in [2.45, 2.75) is 45.1 Å². The van der Waals surface area contributed by atoms with Gasteiger partial charge in [0.15, 0.2) is 5.75 Å². The van der Waals surface area contributed by atoms with Gasteiger partial charge in [-0.25, -0.2) is 9.18 Å². The summed E-state index contributed by atoms with van der Waals surface area (Å²) in [6.07, 6.45) is 5.68. The number of carbonyl (C=O) groups excluding carboxylic acids is 2. The van der Waals surface area contributed by atoms with Crippen molar-refractivity contribution in [3.05, 3.63) is 70.7 Å². The average Bonchev–Trinajstić information content (AvgIpc) is 2.90. The number of carbonyl (C=O) groups is 2. The molecule has 1 aromatic heterocycles. The number of nitrogens with zero attached hydrogens (tertiary/aromatic N) is 2. The number of ether oxygens (including phenoxy) is 2. The Balaban J connectivity index is 1.78. The molecule has 7 nitrogen and oxygen atoms in total. The van der Waals surface area contributed by atoms with Gasteiger partial charge in [0, 0.05) is 23.2 Å². The van der Waals surface area contributed by atoms with E-state index in [2.05, 4.69) is 29.2 Å². The lowest BCUT2D eigenvalue weighted by Crippen LogP contribution is -2.43. The predicted molar refractivity (Wildman–Crippen MR) is 141 cm³/mol. The van der Waals surface area contributed by atoms with Crippen LogP contribution < -0.4 is 10.1 Å². The van der Waals surface area contributed by atoms with E-state index in [0.29, 0.717) is 35.2 Å². The van der Waals surface area contributed by atoms with Gasteiger partial charge in [0.25, 0.3) is 5.91 Å². The van der Waals surface area contributed by atoms with Gasteiger partial charge in [0.2, 0.25) is 0 Å². The number of amides is 1. The monoisotopic (exact) mass is 507 g/mol. The summed E-state index contributed by atoms with van der Waals surface area (Å²) in [6.45, 7) is 4.29. The van der Waals surface area contributed by atoms with Gasteiger partial charge in [-0.05, 0) is 81.2 Å². The predicted octanol–water partition coefficient (Wildman–Crippen LogP) is 4.75. The molecule has 1 aliphatic heterocycles. The summed E-state index contributed by atoms with van der Waals surface area (Å²) < 4.78 is 24.4. The minimum atomic E-state index is -0.584. The van der Waals surface area contributed by atoms with Crippen molar-refractivity contribution in [3.8, 4) is 5.75 Å². The first-order chi connectivity index (χ1) is 17.9. The Morgan fingerprint density at radius 3 is 2.51 bits per heavy atom. The van der Waals surface area contributed by atoms with Crippen LogP contribution in [0.2, 0.25) is 0 Å². The number of piperidine rings is 1. The molecule has 1 saturated heterocycles. The molecule has 1 fully saturated rings. The van der Waals surface area contributed by atoms with Crippen LogP contribution in [0.1, 0.15) is 64.4 Å². The van der Waals surface area contributed by atoms with Gasteiger partial charge in [-0.15, -0.1) is 0 Å². The molecule has 0 unspecified atom stereocenters. The molecule has 0 radical (unpaired) electrons. The summed E-state index contributed by atoms with van der Waals surface area (Å²) >= 11 is 0. The molecule has 37 heavy (non-hydrogen) atoms. The van der Waals surface area contributed by atoms with Gasteiger partial charge < -0.3 is 19.7 Å². The number of hydrogen-bond acceptors (Lipinski definition) is 6. The maximum Gasteiger partial charge on any atom is 0.341 e. The lowest BCUT2D eigenvalue weighted by atomic mass is 9.98. The van der Waals surface area contributed by atoms with E-state index in [1.807, 2.05) is 6.07 Å². The number of benzene rings is 2. The van der Waals surface area contributed by atoms with Gasteiger partial charge in [-0.1, -0.05) is 25.5 Å². The number of esters is 1. The smallest absolute Gasteiger partial charge is 0.341 e. The van der Waals surface area contributed by atoms with Crippen molar-refractivity contribution >= 4 is 22.8 Å². The Labute approximate surface area is 217 Å². The van der Waals surface area contributed by atoms with E-state index in [9.17, 15) is 14.0 Å². The van der Waals surface area contributed by atoms with Crippen LogP contribution in [-0.4, -0.2) is 61.7 Å². The van der Waals surface area contributed by atoms with Crippen LogP contribution in [0.15, 0.2) is 42.6 Å². The average molecular weight is 508 g/mol. The maximum absolute atomic E-state index is 13.6. The number of likely N-dealkylation sites (tertiary alicyclic amines) is 1. The molecule has 1 N–H and O–H groups in total. The second kappa shape index (κ2) is 12.1. The third-order valence-corrected chi connectivity index (χ3v) is 6.75. The van der Waals surface area contributed by atoms with E-state index in [0.717, 1.165) is 49.9 Å². The summed E-state index contributed by atoms with van der Waals surface area (Å²) in [5.74, 6) is -0.818. The van der Waals surface area contributed by atoms with Crippen LogP contribution in [0, 0.1) is 5.82 Å². The molecule has 0 aliphatic carbocycles.